The van der Waals surface area contributed by atoms with E-state index < -0.39 is 11.2 Å². The van der Waals surface area contributed by atoms with Gasteiger partial charge < -0.3 is 15.2 Å². The first-order valence-corrected chi connectivity index (χ1v) is 9.52. The van der Waals surface area contributed by atoms with Crippen LogP contribution in [0.1, 0.15) is 25.8 Å². The average Bonchev–Trinajstić information content (AvgIpc) is 2.69. The monoisotopic (exact) mass is 408 g/mol. The van der Waals surface area contributed by atoms with Crippen molar-refractivity contribution in [2.75, 3.05) is 18.5 Å². The van der Waals surface area contributed by atoms with Gasteiger partial charge in [-0.2, -0.15) is 0 Å². The van der Waals surface area contributed by atoms with E-state index in [4.69, 9.17) is 21.4 Å². The maximum absolute atomic E-state index is 13.0. The molecule has 8 nitrogen and oxygen atoms in total. The van der Waals surface area contributed by atoms with Crippen molar-refractivity contribution in [1.29, 1.82) is 0 Å². The topological polar surface area (TPSA) is 97.8 Å². The summed E-state index contributed by atoms with van der Waals surface area (Å²) in [6.07, 6.45) is 1.53. The van der Waals surface area contributed by atoms with Gasteiger partial charge in [0.25, 0.3) is 5.56 Å². The van der Waals surface area contributed by atoms with E-state index >= 15 is 0 Å². The predicted molar refractivity (Wildman–Crippen MR) is 111 cm³/mol. The average molecular weight is 409 g/mol. The van der Waals surface area contributed by atoms with Crippen LogP contribution in [0.3, 0.4) is 0 Å². The Bertz CT molecular complexity index is 919. The Labute approximate surface area is 168 Å². The highest BCUT2D eigenvalue weighted by molar-refractivity contribution is 6.30. The van der Waals surface area contributed by atoms with Crippen molar-refractivity contribution in [3.8, 4) is 0 Å². The summed E-state index contributed by atoms with van der Waals surface area (Å²) in [6, 6.07) is 7.22. The van der Waals surface area contributed by atoms with Gasteiger partial charge >= 0.3 is 5.69 Å². The zero-order valence-corrected chi connectivity index (χ0v) is 16.8. The number of aliphatic hydroxyl groups is 1. The molecule has 0 saturated heterocycles. The maximum Gasteiger partial charge on any atom is 0.332 e. The van der Waals surface area contributed by atoms with Gasteiger partial charge in [0, 0.05) is 31.3 Å². The fraction of sp³-hybridized carbons (Fsp3) is 0.421. The van der Waals surface area contributed by atoms with Crippen molar-refractivity contribution in [3.63, 3.8) is 0 Å². The minimum Gasteiger partial charge on any atom is -0.483 e. The van der Waals surface area contributed by atoms with Crippen LogP contribution in [-0.2, 0) is 24.4 Å². The number of rotatable bonds is 10. The summed E-state index contributed by atoms with van der Waals surface area (Å²) in [5.74, 6) is 0.208. The number of aliphatic imine (C=N–C) groups is 1. The molecule has 9 heteroatoms. The number of benzene rings is 1. The summed E-state index contributed by atoms with van der Waals surface area (Å²) in [5.41, 5.74) is 0.160. The van der Waals surface area contributed by atoms with Crippen LogP contribution in [0.2, 0.25) is 5.02 Å². The number of ether oxygens (including phenoxy) is 1. The van der Waals surface area contributed by atoms with Gasteiger partial charge in [0.05, 0.1) is 6.61 Å². The number of aliphatic hydroxyl groups excluding tert-OH is 1. The Morgan fingerprint density at radius 1 is 1.21 bits per heavy atom. The fourth-order valence-corrected chi connectivity index (χ4v) is 2.77. The van der Waals surface area contributed by atoms with Crippen LogP contribution >= 0.6 is 11.6 Å². The lowest BCUT2D eigenvalue weighted by molar-refractivity contribution is 0.277. The van der Waals surface area contributed by atoms with Crippen LogP contribution in [0, 0.1) is 0 Å². The zero-order chi connectivity index (χ0) is 20.5. The Morgan fingerprint density at radius 2 is 1.93 bits per heavy atom. The van der Waals surface area contributed by atoms with E-state index in [1.54, 1.807) is 19.1 Å². The third-order valence-corrected chi connectivity index (χ3v) is 4.31. The van der Waals surface area contributed by atoms with Gasteiger partial charge in [-0.1, -0.05) is 23.7 Å². The second-order valence-corrected chi connectivity index (χ2v) is 6.37. The maximum atomic E-state index is 13.0. The number of aromatic nitrogens is 2. The van der Waals surface area contributed by atoms with Crippen LogP contribution in [0.4, 0.5) is 11.5 Å². The second kappa shape index (κ2) is 10.7. The number of anilines is 1. The third kappa shape index (κ3) is 5.24. The van der Waals surface area contributed by atoms with Gasteiger partial charge in [-0.05, 0) is 38.0 Å². The molecule has 0 amide bonds. The Morgan fingerprint density at radius 3 is 2.54 bits per heavy atom. The molecule has 0 aliphatic carbocycles. The van der Waals surface area contributed by atoms with E-state index in [9.17, 15) is 9.59 Å². The summed E-state index contributed by atoms with van der Waals surface area (Å²) in [6.45, 7) is 4.71. The molecule has 0 radical (unpaired) electrons. The molecule has 2 aromatic rings. The van der Waals surface area contributed by atoms with E-state index in [-0.39, 0.29) is 24.7 Å². The van der Waals surface area contributed by atoms with Crippen molar-refractivity contribution >= 4 is 29.5 Å². The number of nitrogens with zero attached hydrogens (tertiary/aromatic N) is 3. The first kappa shape index (κ1) is 21.7. The lowest BCUT2D eigenvalue weighted by Gasteiger charge is -2.16. The molecule has 0 aliphatic rings. The first-order valence-electron chi connectivity index (χ1n) is 9.14. The van der Waals surface area contributed by atoms with E-state index in [1.165, 1.54) is 11.0 Å². The van der Waals surface area contributed by atoms with E-state index in [0.717, 1.165) is 10.1 Å². The van der Waals surface area contributed by atoms with Crippen molar-refractivity contribution in [2.45, 2.75) is 39.9 Å². The fourth-order valence-electron chi connectivity index (χ4n) is 2.64. The number of hydrogen-bond acceptors (Lipinski definition) is 6. The molecule has 0 saturated carbocycles. The molecule has 2 rings (SSSR count). The summed E-state index contributed by atoms with van der Waals surface area (Å²) < 4.78 is 7.67. The molecule has 152 valence electrons. The van der Waals surface area contributed by atoms with E-state index in [2.05, 4.69) is 10.3 Å². The van der Waals surface area contributed by atoms with E-state index in [1.807, 2.05) is 19.1 Å². The molecule has 0 aliphatic heterocycles. The van der Waals surface area contributed by atoms with Crippen LogP contribution < -0.4 is 16.6 Å². The molecule has 2 N–H and O–H groups in total. The van der Waals surface area contributed by atoms with Gasteiger partial charge in [0.2, 0.25) is 0 Å². The van der Waals surface area contributed by atoms with Gasteiger partial charge in [0.15, 0.2) is 12.2 Å². The second-order valence-electron chi connectivity index (χ2n) is 5.93. The minimum absolute atomic E-state index is 0.115. The van der Waals surface area contributed by atoms with Crippen molar-refractivity contribution < 1.29 is 9.84 Å². The third-order valence-electron chi connectivity index (χ3n) is 4.05. The first-order chi connectivity index (χ1) is 13.5. The predicted octanol–water partition coefficient (Wildman–Crippen LogP) is 2.37. The number of halogens is 1. The summed E-state index contributed by atoms with van der Waals surface area (Å²) in [4.78, 5) is 29.9. The van der Waals surface area contributed by atoms with Gasteiger partial charge in [-0.3, -0.25) is 13.9 Å². The molecule has 0 unspecified atom stereocenters. The summed E-state index contributed by atoms with van der Waals surface area (Å²) in [7, 11) is 0. The molecule has 0 bridgehead atoms. The Kier molecular flexibility index (Phi) is 8.28. The van der Waals surface area contributed by atoms with Crippen LogP contribution in [0.15, 0.2) is 38.8 Å². The van der Waals surface area contributed by atoms with Crippen molar-refractivity contribution in [2.24, 2.45) is 4.99 Å². The standard InChI is InChI=1S/C19H25ClN4O4/c1-3-23-17(22-13-28-4-2)16(18(26)24(19(23)27)10-5-11-25)21-12-14-6-8-15(20)9-7-14/h6-9,13,21,25H,3-5,10-12H2,1-2H3/b22-13+. The highest BCUT2D eigenvalue weighted by Gasteiger charge is 2.18. The lowest BCUT2D eigenvalue weighted by atomic mass is 10.2. The zero-order valence-electron chi connectivity index (χ0n) is 16.0. The molecule has 1 heterocycles. The highest BCUT2D eigenvalue weighted by Crippen LogP contribution is 2.20. The summed E-state index contributed by atoms with van der Waals surface area (Å²) >= 11 is 5.91. The van der Waals surface area contributed by atoms with Crippen LogP contribution in [0.5, 0.6) is 0 Å². The van der Waals surface area contributed by atoms with Crippen molar-refractivity contribution in [3.05, 3.63) is 55.7 Å². The number of hydrogen-bond donors (Lipinski definition) is 2. The molecule has 1 aromatic carbocycles. The van der Waals surface area contributed by atoms with Gasteiger partial charge in [0.1, 0.15) is 5.69 Å². The smallest absolute Gasteiger partial charge is 0.332 e. The lowest BCUT2D eigenvalue weighted by Crippen LogP contribution is -2.41. The number of nitrogens with one attached hydrogen (secondary N) is 1. The van der Waals surface area contributed by atoms with Gasteiger partial charge in [-0.15, -0.1) is 0 Å². The Balaban J connectivity index is 2.52. The molecular formula is C19H25ClN4O4. The minimum atomic E-state index is -0.485. The van der Waals surface area contributed by atoms with E-state index in [0.29, 0.717) is 31.1 Å². The van der Waals surface area contributed by atoms with Gasteiger partial charge in [-0.25, -0.2) is 9.79 Å². The Hall–Kier alpha value is -2.58. The largest absolute Gasteiger partial charge is 0.483 e. The van der Waals surface area contributed by atoms with Crippen LogP contribution in [0.25, 0.3) is 0 Å². The molecule has 1 aromatic heterocycles. The van der Waals surface area contributed by atoms with Crippen LogP contribution in [-0.4, -0.2) is 33.9 Å². The molecule has 0 atom stereocenters. The molecular weight excluding hydrogens is 384 g/mol. The molecule has 0 fully saturated rings. The highest BCUT2D eigenvalue weighted by atomic mass is 35.5. The quantitative estimate of drug-likeness (QED) is 0.464. The van der Waals surface area contributed by atoms with Crippen molar-refractivity contribution in [1.82, 2.24) is 9.13 Å². The molecule has 28 heavy (non-hydrogen) atoms. The normalized spacial score (nSPS) is 11.1. The summed E-state index contributed by atoms with van der Waals surface area (Å²) in [5, 5.41) is 12.8. The SMILES string of the molecule is CCO/C=N/c1c(NCc2ccc(Cl)cc2)c(=O)n(CCCO)c(=O)n1CC. The molecule has 0 spiro atoms.